The number of ether oxygens (including phenoxy) is 2. The first-order chi connectivity index (χ1) is 10.0. The normalized spacial score (nSPS) is 22.0. The van der Waals surface area contributed by atoms with Gasteiger partial charge in [-0.05, 0) is 38.5 Å². The van der Waals surface area contributed by atoms with E-state index in [0.717, 1.165) is 11.3 Å². The number of morpholine rings is 1. The van der Waals surface area contributed by atoms with Crippen molar-refractivity contribution in [2.45, 2.75) is 33.0 Å². The second kappa shape index (κ2) is 7.31. The van der Waals surface area contributed by atoms with Gasteiger partial charge in [-0.3, -0.25) is 0 Å². The maximum absolute atomic E-state index is 12.1. The van der Waals surface area contributed by atoms with Gasteiger partial charge in [0.2, 0.25) is 0 Å². The van der Waals surface area contributed by atoms with E-state index < -0.39 is 0 Å². The van der Waals surface area contributed by atoms with E-state index in [1.165, 1.54) is 0 Å². The molecular weight excluding hydrogens is 268 g/mol. The minimum Gasteiger partial charge on any atom is -0.492 e. The Morgan fingerprint density at radius 3 is 2.76 bits per heavy atom. The zero-order valence-electron chi connectivity index (χ0n) is 13.0. The molecule has 0 aliphatic carbocycles. The third-order valence-corrected chi connectivity index (χ3v) is 3.34. The summed E-state index contributed by atoms with van der Waals surface area (Å²) in [6, 6.07) is 7.83. The molecule has 2 amide bonds. The van der Waals surface area contributed by atoms with Gasteiger partial charge in [0.1, 0.15) is 12.4 Å². The summed E-state index contributed by atoms with van der Waals surface area (Å²) in [5.74, 6) is 0.831. The zero-order valence-corrected chi connectivity index (χ0v) is 13.0. The largest absolute Gasteiger partial charge is 0.492 e. The highest BCUT2D eigenvalue weighted by Crippen LogP contribution is 2.12. The van der Waals surface area contributed by atoms with Crippen molar-refractivity contribution in [3.8, 4) is 5.75 Å². The van der Waals surface area contributed by atoms with E-state index in [4.69, 9.17) is 9.47 Å². The molecule has 1 aliphatic rings. The van der Waals surface area contributed by atoms with Crippen LogP contribution >= 0.6 is 0 Å². The fraction of sp³-hybridized carbons (Fsp3) is 0.562. The molecule has 116 valence electrons. The lowest BCUT2D eigenvalue weighted by Crippen LogP contribution is -2.52. The molecule has 0 saturated carbocycles. The van der Waals surface area contributed by atoms with Crippen molar-refractivity contribution >= 4 is 6.03 Å². The smallest absolute Gasteiger partial charge is 0.317 e. The first-order valence-electron chi connectivity index (χ1n) is 7.42. The number of carbonyl (C=O) groups is 1. The van der Waals surface area contributed by atoms with Gasteiger partial charge in [-0.2, -0.15) is 0 Å². The molecule has 1 N–H and O–H groups in total. The number of rotatable bonds is 4. The molecule has 1 aromatic carbocycles. The van der Waals surface area contributed by atoms with Crippen LogP contribution in [-0.4, -0.2) is 49.4 Å². The quantitative estimate of drug-likeness (QED) is 0.866. The number of hydrogen-bond acceptors (Lipinski definition) is 3. The van der Waals surface area contributed by atoms with E-state index in [1.54, 1.807) is 4.90 Å². The Hall–Kier alpha value is -1.75. The zero-order chi connectivity index (χ0) is 15.2. The summed E-state index contributed by atoms with van der Waals surface area (Å²) in [7, 11) is 0. The minimum atomic E-state index is -0.0511. The molecule has 0 spiro atoms. The number of amides is 2. The average Bonchev–Trinajstić information content (AvgIpc) is 2.42. The van der Waals surface area contributed by atoms with Crippen LogP contribution in [0.5, 0.6) is 5.75 Å². The Labute approximate surface area is 126 Å². The van der Waals surface area contributed by atoms with Crippen molar-refractivity contribution in [3.05, 3.63) is 29.8 Å². The highest BCUT2D eigenvalue weighted by Gasteiger charge is 2.25. The predicted molar refractivity (Wildman–Crippen MR) is 81.7 cm³/mol. The van der Waals surface area contributed by atoms with Crippen molar-refractivity contribution in [2.75, 3.05) is 26.2 Å². The Kier molecular flexibility index (Phi) is 5.44. The first kappa shape index (κ1) is 15.6. The fourth-order valence-electron chi connectivity index (χ4n) is 2.49. The summed E-state index contributed by atoms with van der Waals surface area (Å²) in [5.41, 5.74) is 1.16. The van der Waals surface area contributed by atoms with Crippen LogP contribution in [-0.2, 0) is 4.74 Å². The van der Waals surface area contributed by atoms with E-state index in [0.29, 0.717) is 26.2 Å². The van der Waals surface area contributed by atoms with Crippen LogP contribution in [0, 0.1) is 6.92 Å². The Morgan fingerprint density at radius 1 is 1.38 bits per heavy atom. The molecule has 21 heavy (non-hydrogen) atoms. The molecule has 2 rings (SSSR count). The van der Waals surface area contributed by atoms with Crippen molar-refractivity contribution in [2.24, 2.45) is 0 Å². The van der Waals surface area contributed by atoms with Gasteiger partial charge in [-0.25, -0.2) is 4.79 Å². The SMILES string of the molecule is Cc1cccc(OCCNC(=O)N2C[C@H](C)O[C@@H](C)C2)c1. The van der Waals surface area contributed by atoms with E-state index in [1.807, 2.05) is 45.0 Å². The minimum absolute atomic E-state index is 0.0511. The standard InChI is InChI=1S/C16H24N2O3/c1-12-5-4-6-15(9-12)20-8-7-17-16(19)18-10-13(2)21-14(3)11-18/h4-6,9,13-14H,7-8,10-11H2,1-3H3,(H,17,19)/t13-,14-/m0/s1. The first-order valence-corrected chi connectivity index (χ1v) is 7.42. The second-order valence-corrected chi connectivity index (χ2v) is 5.56. The number of hydrogen-bond donors (Lipinski definition) is 1. The molecule has 5 nitrogen and oxygen atoms in total. The van der Waals surface area contributed by atoms with E-state index in [2.05, 4.69) is 5.32 Å². The van der Waals surface area contributed by atoms with Crippen molar-refractivity contribution in [3.63, 3.8) is 0 Å². The van der Waals surface area contributed by atoms with E-state index in [-0.39, 0.29) is 18.2 Å². The maximum atomic E-state index is 12.1. The fourth-order valence-corrected chi connectivity index (χ4v) is 2.49. The number of nitrogens with one attached hydrogen (secondary N) is 1. The Morgan fingerprint density at radius 2 is 2.10 bits per heavy atom. The lowest BCUT2D eigenvalue weighted by molar-refractivity contribution is -0.0545. The highest BCUT2D eigenvalue weighted by molar-refractivity contribution is 5.74. The van der Waals surface area contributed by atoms with Crippen LogP contribution < -0.4 is 10.1 Å². The average molecular weight is 292 g/mol. The second-order valence-electron chi connectivity index (χ2n) is 5.56. The third kappa shape index (κ3) is 4.93. The van der Waals surface area contributed by atoms with Gasteiger partial charge in [0, 0.05) is 13.1 Å². The monoisotopic (exact) mass is 292 g/mol. The Balaban J connectivity index is 1.69. The highest BCUT2D eigenvalue weighted by atomic mass is 16.5. The third-order valence-electron chi connectivity index (χ3n) is 3.34. The Bertz CT molecular complexity index is 468. The van der Waals surface area contributed by atoms with Gasteiger partial charge >= 0.3 is 6.03 Å². The van der Waals surface area contributed by atoms with Gasteiger partial charge in [-0.15, -0.1) is 0 Å². The summed E-state index contributed by atoms with van der Waals surface area (Å²) in [5, 5.41) is 2.88. The maximum Gasteiger partial charge on any atom is 0.317 e. The van der Waals surface area contributed by atoms with Gasteiger partial charge in [0.25, 0.3) is 0 Å². The topological polar surface area (TPSA) is 50.8 Å². The van der Waals surface area contributed by atoms with Crippen molar-refractivity contribution in [1.82, 2.24) is 10.2 Å². The summed E-state index contributed by atoms with van der Waals surface area (Å²) >= 11 is 0. The molecule has 1 fully saturated rings. The number of aryl methyl sites for hydroxylation is 1. The van der Waals surface area contributed by atoms with Crippen LogP contribution in [0.15, 0.2) is 24.3 Å². The molecule has 0 unspecified atom stereocenters. The van der Waals surface area contributed by atoms with Crippen molar-refractivity contribution in [1.29, 1.82) is 0 Å². The number of nitrogens with zero attached hydrogens (tertiary/aromatic N) is 1. The summed E-state index contributed by atoms with van der Waals surface area (Å²) in [6.07, 6.45) is 0.172. The molecule has 0 bridgehead atoms. The van der Waals surface area contributed by atoms with Crippen LogP contribution in [0.25, 0.3) is 0 Å². The summed E-state index contributed by atoms with van der Waals surface area (Å²) in [6.45, 7) is 8.21. The van der Waals surface area contributed by atoms with Crippen LogP contribution in [0.1, 0.15) is 19.4 Å². The molecule has 2 atom stereocenters. The van der Waals surface area contributed by atoms with Crippen LogP contribution in [0.4, 0.5) is 4.79 Å². The molecule has 1 saturated heterocycles. The van der Waals surface area contributed by atoms with Gasteiger partial charge in [0.05, 0.1) is 18.8 Å². The molecule has 0 radical (unpaired) electrons. The van der Waals surface area contributed by atoms with Crippen LogP contribution in [0.2, 0.25) is 0 Å². The molecular formula is C16H24N2O3. The predicted octanol–water partition coefficient (Wildman–Crippen LogP) is 2.19. The van der Waals surface area contributed by atoms with E-state index in [9.17, 15) is 4.79 Å². The number of carbonyl (C=O) groups excluding carboxylic acids is 1. The van der Waals surface area contributed by atoms with Gasteiger partial charge < -0.3 is 19.7 Å². The number of benzene rings is 1. The molecule has 5 heteroatoms. The summed E-state index contributed by atoms with van der Waals surface area (Å²) in [4.78, 5) is 13.9. The number of urea groups is 1. The van der Waals surface area contributed by atoms with Gasteiger partial charge in [-0.1, -0.05) is 12.1 Å². The lowest BCUT2D eigenvalue weighted by Gasteiger charge is -2.35. The van der Waals surface area contributed by atoms with Gasteiger partial charge in [0.15, 0.2) is 0 Å². The molecule has 0 aromatic heterocycles. The van der Waals surface area contributed by atoms with Crippen molar-refractivity contribution < 1.29 is 14.3 Å². The van der Waals surface area contributed by atoms with E-state index >= 15 is 0 Å². The summed E-state index contributed by atoms with van der Waals surface area (Å²) < 4.78 is 11.2. The molecule has 1 aromatic rings. The lowest BCUT2D eigenvalue weighted by atomic mass is 10.2. The molecule has 1 aliphatic heterocycles. The van der Waals surface area contributed by atoms with Crippen LogP contribution in [0.3, 0.4) is 0 Å². The molecule has 1 heterocycles.